The molecule has 3 N–H and O–H groups in total. The van der Waals surface area contributed by atoms with Gasteiger partial charge in [-0.25, -0.2) is 0 Å². The van der Waals surface area contributed by atoms with Crippen molar-refractivity contribution in [3.8, 4) is 0 Å². The van der Waals surface area contributed by atoms with Gasteiger partial charge in [0.15, 0.2) is 0 Å². The molecule has 0 fully saturated rings. The summed E-state index contributed by atoms with van der Waals surface area (Å²) < 4.78 is 0. The first kappa shape index (κ1) is 16.7. The summed E-state index contributed by atoms with van der Waals surface area (Å²) in [7, 11) is 0. The van der Waals surface area contributed by atoms with E-state index in [0.29, 0.717) is 12.0 Å². The second-order valence-electron chi connectivity index (χ2n) is 7.34. The molecule has 0 saturated carbocycles. The molecule has 4 nitrogen and oxygen atoms in total. The van der Waals surface area contributed by atoms with Gasteiger partial charge in [0.05, 0.1) is 18.8 Å². The molecule has 1 aromatic rings. The molecular formula is C18H25NO3. The van der Waals surface area contributed by atoms with Gasteiger partial charge in [-0.1, -0.05) is 39.0 Å². The molecule has 4 heteroatoms. The summed E-state index contributed by atoms with van der Waals surface area (Å²) in [6.07, 6.45) is 2.48. The predicted octanol–water partition coefficient (Wildman–Crippen LogP) is 1.78. The van der Waals surface area contributed by atoms with Crippen LogP contribution < -0.4 is 5.32 Å². The molecule has 120 valence electrons. The lowest BCUT2D eigenvalue weighted by molar-refractivity contribution is -0.120. The molecule has 0 unspecified atom stereocenters. The average molecular weight is 303 g/mol. The fourth-order valence-corrected chi connectivity index (χ4v) is 2.43. The van der Waals surface area contributed by atoms with Gasteiger partial charge >= 0.3 is 0 Å². The average Bonchev–Trinajstić information content (AvgIpc) is 2.89. The van der Waals surface area contributed by atoms with E-state index < -0.39 is 5.54 Å². The predicted molar refractivity (Wildman–Crippen MR) is 87.5 cm³/mol. The molecular weight excluding hydrogens is 278 g/mol. The monoisotopic (exact) mass is 303 g/mol. The summed E-state index contributed by atoms with van der Waals surface area (Å²) in [6.45, 7) is 7.50. The van der Waals surface area contributed by atoms with Crippen molar-refractivity contribution in [2.75, 3.05) is 13.2 Å². The highest BCUT2D eigenvalue weighted by Gasteiger charge is 2.28. The number of carbonyl (C=O) groups is 1. The zero-order valence-corrected chi connectivity index (χ0v) is 13.7. The summed E-state index contributed by atoms with van der Waals surface area (Å²) in [5, 5.41) is 21.3. The Morgan fingerprint density at radius 3 is 2.36 bits per heavy atom. The first-order valence-electron chi connectivity index (χ1n) is 7.57. The molecule has 2 rings (SSSR count). The molecule has 0 aromatic heterocycles. The van der Waals surface area contributed by atoms with Gasteiger partial charge in [-0.05, 0) is 35.1 Å². The molecule has 0 radical (unpaired) electrons. The van der Waals surface area contributed by atoms with Crippen LogP contribution in [0.25, 0.3) is 6.08 Å². The minimum absolute atomic E-state index is 0.0697. The number of carbonyl (C=O) groups excluding carboxylic acids is 1. The van der Waals surface area contributed by atoms with E-state index in [-0.39, 0.29) is 24.5 Å². The summed E-state index contributed by atoms with van der Waals surface area (Å²) in [5.74, 6) is -0.237. The number of aliphatic hydroxyl groups excluding tert-OH is 2. The third kappa shape index (κ3) is 3.39. The number of hydrogen-bond acceptors (Lipinski definition) is 3. The Morgan fingerprint density at radius 2 is 1.82 bits per heavy atom. The van der Waals surface area contributed by atoms with E-state index in [2.05, 4.69) is 44.3 Å². The maximum Gasteiger partial charge on any atom is 0.248 e. The number of rotatable bonds is 4. The summed E-state index contributed by atoms with van der Waals surface area (Å²) in [5.41, 5.74) is 3.18. The van der Waals surface area contributed by atoms with Gasteiger partial charge in [0.25, 0.3) is 0 Å². The molecule has 1 aliphatic rings. The van der Waals surface area contributed by atoms with Crippen LogP contribution in [-0.2, 0) is 16.6 Å². The quantitative estimate of drug-likeness (QED) is 0.794. The standard InChI is InChI=1S/C18H25NO3/c1-17(2,3)15-6-5-12-7-14(8-13(12)9-15)16(22)19-18(4,10-20)11-21/h5-6,8-9,20-21H,7,10-11H2,1-4H3,(H,19,22). The minimum Gasteiger partial charge on any atom is -0.394 e. The van der Waals surface area contributed by atoms with E-state index in [1.165, 1.54) is 5.56 Å². The molecule has 22 heavy (non-hydrogen) atoms. The van der Waals surface area contributed by atoms with Crippen molar-refractivity contribution in [2.24, 2.45) is 0 Å². The topological polar surface area (TPSA) is 69.6 Å². The van der Waals surface area contributed by atoms with E-state index in [1.807, 2.05) is 6.08 Å². The number of nitrogens with one attached hydrogen (secondary N) is 1. The van der Waals surface area contributed by atoms with Gasteiger partial charge in [-0.3, -0.25) is 4.79 Å². The first-order valence-corrected chi connectivity index (χ1v) is 7.57. The van der Waals surface area contributed by atoms with Crippen molar-refractivity contribution >= 4 is 12.0 Å². The summed E-state index contributed by atoms with van der Waals surface area (Å²) in [6, 6.07) is 6.32. The van der Waals surface area contributed by atoms with Crippen molar-refractivity contribution in [3.05, 3.63) is 40.5 Å². The van der Waals surface area contributed by atoms with Crippen molar-refractivity contribution in [2.45, 2.75) is 45.1 Å². The van der Waals surface area contributed by atoms with E-state index >= 15 is 0 Å². The SMILES string of the molecule is CC(CO)(CO)NC(=O)C1=Cc2cc(C(C)(C)C)ccc2C1. The lowest BCUT2D eigenvalue weighted by Gasteiger charge is -2.26. The minimum atomic E-state index is -0.997. The third-order valence-corrected chi connectivity index (χ3v) is 4.13. The molecule has 0 spiro atoms. The molecule has 0 heterocycles. The van der Waals surface area contributed by atoms with Crippen LogP contribution in [0.1, 0.15) is 44.4 Å². The number of aliphatic hydroxyl groups is 2. The highest BCUT2D eigenvalue weighted by atomic mass is 16.3. The largest absolute Gasteiger partial charge is 0.394 e. The lowest BCUT2D eigenvalue weighted by Crippen LogP contribution is -2.52. The van der Waals surface area contributed by atoms with Crippen LogP contribution in [0.15, 0.2) is 23.8 Å². The Bertz CT molecular complexity index is 607. The second kappa shape index (κ2) is 5.86. The summed E-state index contributed by atoms with van der Waals surface area (Å²) >= 11 is 0. The second-order valence-corrected chi connectivity index (χ2v) is 7.34. The molecule has 1 amide bonds. The van der Waals surface area contributed by atoms with Crippen LogP contribution in [0.5, 0.6) is 0 Å². The normalized spacial score (nSPS) is 14.5. The molecule has 1 aromatic carbocycles. The number of hydrogen-bond donors (Lipinski definition) is 3. The van der Waals surface area contributed by atoms with Gasteiger partial charge in [0, 0.05) is 12.0 Å². The lowest BCUT2D eigenvalue weighted by atomic mass is 9.85. The van der Waals surface area contributed by atoms with Crippen LogP contribution in [-0.4, -0.2) is 34.9 Å². The molecule has 0 bridgehead atoms. The Kier molecular flexibility index (Phi) is 4.45. The zero-order chi connectivity index (χ0) is 16.5. The van der Waals surface area contributed by atoms with E-state index in [9.17, 15) is 15.0 Å². The van der Waals surface area contributed by atoms with E-state index in [0.717, 1.165) is 11.1 Å². The fraction of sp³-hybridized carbons (Fsp3) is 0.500. The number of amides is 1. The Balaban J connectivity index is 2.20. The zero-order valence-electron chi connectivity index (χ0n) is 13.7. The maximum absolute atomic E-state index is 12.3. The van der Waals surface area contributed by atoms with Crippen molar-refractivity contribution < 1.29 is 15.0 Å². The van der Waals surface area contributed by atoms with Crippen molar-refractivity contribution in [1.29, 1.82) is 0 Å². The third-order valence-electron chi connectivity index (χ3n) is 4.13. The highest BCUT2D eigenvalue weighted by Crippen LogP contribution is 2.30. The van der Waals surface area contributed by atoms with Gasteiger partial charge in [0.1, 0.15) is 0 Å². The fourth-order valence-electron chi connectivity index (χ4n) is 2.43. The van der Waals surface area contributed by atoms with Crippen molar-refractivity contribution in [1.82, 2.24) is 5.32 Å². The molecule has 1 aliphatic carbocycles. The Morgan fingerprint density at radius 1 is 1.18 bits per heavy atom. The van der Waals surface area contributed by atoms with Crippen LogP contribution >= 0.6 is 0 Å². The van der Waals surface area contributed by atoms with Crippen LogP contribution in [0, 0.1) is 0 Å². The van der Waals surface area contributed by atoms with Gasteiger partial charge in [0.2, 0.25) is 5.91 Å². The van der Waals surface area contributed by atoms with Crippen LogP contribution in [0.3, 0.4) is 0 Å². The first-order chi connectivity index (χ1) is 10.2. The van der Waals surface area contributed by atoms with Gasteiger partial charge in [-0.2, -0.15) is 0 Å². The molecule has 0 saturated heterocycles. The van der Waals surface area contributed by atoms with Crippen molar-refractivity contribution in [3.63, 3.8) is 0 Å². The number of fused-ring (bicyclic) bond motifs is 1. The Hall–Kier alpha value is -1.65. The Labute approximate surface area is 131 Å². The van der Waals surface area contributed by atoms with Crippen LogP contribution in [0.2, 0.25) is 0 Å². The van der Waals surface area contributed by atoms with Gasteiger partial charge in [-0.15, -0.1) is 0 Å². The molecule has 0 aliphatic heterocycles. The number of benzene rings is 1. The molecule has 0 atom stereocenters. The highest BCUT2D eigenvalue weighted by molar-refractivity contribution is 6.00. The maximum atomic E-state index is 12.3. The van der Waals surface area contributed by atoms with E-state index in [4.69, 9.17) is 0 Å². The smallest absolute Gasteiger partial charge is 0.248 e. The van der Waals surface area contributed by atoms with Gasteiger partial charge < -0.3 is 15.5 Å². The summed E-state index contributed by atoms with van der Waals surface area (Å²) in [4.78, 5) is 12.3. The van der Waals surface area contributed by atoms with Crippen LogP contribution in [0.4, 0.5) is 0 Å². The van der Waals surface area contributed by atoms with E-state index in [1.54, 1.807) is 6.92 Å².